The van der Waals surface area contributed by atoms with Crippen molar-refractivity contribution in [3.8, 4) is 11.3 Å². The Kier molecular flexibility index (Phi) is 9.06. The molecule has 0 atom stereocenters. The highest BCUT2D eigenvalue weighted by Gasteiger charge is 2.32. The number of aryl methyl sites for hydroxylation is 2. The highest BCUT2D eigenvalue weighted by Crippen LogP contribution is 2.32. The van der Waals surface area contributed by atoms with Crippen molar-refractivity contribution in [3.63, 3.8) is 0 Å². The average Bonchev–Trinajstić information content (AvgIpc) is 2.76. The summed E-state index contributed by atoms with van der Waals surface area (Å²) < 4.78 is 2.29. The Morgan fingerprint density at radius 2 is 1.68 bits per heavy atom. The van der Waals surface area contributed by atoms with E-state index >= 15 is 0 Å². The number of allylic oxidation sites excluding steroid dienone is 1. The SMILES string of the molecule is C=CC(=c1ccc(-c2cc(C)cc(C)c2C)[n+](C)c1=C)[Si](CC)(CC)CCCCCC. The van der Waals surface area contributed by atoms with E-state index in [4.69, 9.17) is 0 Å². The second-order valence-corrected chi connectivity index (χ2v) is 14.3. The van der Waals surface area contributed by atoms with Gasteiger partial charge >= 0.3 is 0 Å². The highest BCUT2D eigenvalue weighted by atomic mass is 28.3. The fourth-order valence-corrected chi connectivity index (χ4v) is 9.54. The van der Waals surface area contributed by atoms with Crippen LogP contribution in [-0.4, -0.2) is 8.07 Å². The molecule has 0 radical (unpaired) electrons. The Bertz CT molecular complexity index is 1030. The van der Waals surface area contributed by atoms with Crippen LogP contribution in [0, 0.1) is 20.8 Å². The molecule has 168 valence electrons. The Balaban J connectivity index is 2.69. The largest absolute Gasteiger partial charge is 0.213 e. The molecule has 2 heteroatoms. The van der Waals surface area contributed by atoms with E-state index in [1.807, 2.05) is 0 Å². The van der Waals surface area contributed by atoms with Crippen molar-refractivity contribution in [2.24, 2.45) is 7.05 Å². The molecule has 0 fully saturated rings. The fourth-order valence-electron chi connectivity index (χ4n) is 5.14. The minimum atomic E-state index is -1.60. The van der Waals surface area contributed by atoms with Crippen LogP contribution in [0.4, 0.5) is 0 Å². The molecule has 0 aliphatic heterocycles. The smallest absolute Gasteiger partial charge is 0.195 e. The van der Waals surface area contributed by atoms with Gasteiger partial charge in [0, 0.05) is 16.8 Å². The molecule has 1 aromatic carbocycles. The predicted molar refractivity (Wildman–Crippen MR) is 141 cm³/mol. The van der Waals surface area contributed by atoms with Crippen molar-refractivity contribution < 1.29 is 4.57 Å². The van der Waals surface area contributed by atoms with E-state index in [1.165, 1.54) is 82.2 Å². The number of pyridine rings is 1. The van der Waals surface area contributed by atoms with Crippen LogP contribution >= 0.6 is 0 Å². The van der Waals surface area contributed by atoms with Crippen molar-refractivity contribution in [1.82, 2.24) is 0 Å². The lowest BCUT2D eigenvalue weighted by Crippen LogP contribution is -2.57. The molecule has 0 saturated heterocycles. The lowest BCUT2D eigenvalue weighted by molar-refractivity contribution is -0.674. The molecule has 0 spiro atoms. The Morgan fingerprint density at radius 3 is 2.26 bits per heavy atom. The van der Waals surface area contributed by atoms with Crippen LogP contribution in [0.1, 0.15) is 63.1 Å². The zero-order chi connectivity index (χ0) is 23.2. The topological polar surface area (TPSA) is 3.88 Å². The molecule has 2 aromatic rings. The standard InChI is InChI=1S/C29H44NSi/c1-10-14-15-16-19-31(12-3,13-4)29(11-2)26-17-18-28(30(9)25(26)8)27-21-22(5)20-23(6)24(27)7/h11,17-18,20-21H,2,8,10,12-16,19H2,1,3-7,9H3/q+1. The van der Waals surface area contributed by atoms with Crippen molar-refractivity contribution in [1.29, 1.82) is 0 Å². The molecule has 0 aliphatic carbocycles. The first-order valence-electron chi connectivity index (χ1n) is 12.2. The molecule has 0 amide bonds. The fraction of sp³-hybridized carbons (Fsp3) is 0.483. The van der Waals surface area contributed by atoms with E-state index in [1.54, 1.807) is 0 Å². The van der Waals surface area contributed by atoms with Gasteiger partial charge < -0.3 is 0 Å². The van der Waals surface area contributed by atoms with Crippen molar-refractivity contribution in [2.45, 2.75) is 85.4 Å². The zero-order valence-corrected chi connectivity index (χ0v) is 22.2. The Morgan fingerprint density at radius 1 is 1.00 bits per heavy atom. The minimum absolute atomic E-state index is 1.11. The van der Waals surface area contributed by atoms with Crippen LogP contribution in [0.25, 0.3) is 23.0 Å². The van der Waals surface area contributed by atoms with Crippen molar-refractivity contribution >= 4 is 19.8 Å². The van der Waals surface area contributed by atoms with Gasteiger partial charge in [0.05, 0.1) is 8.07 Å². The third-order valence-corrected chi connectivity index (χ3v) is 13.1. The van der Waals surface area contributed by atoms with Crippen LogP contribution in [0.15, 0.2) is 36.9 Å². The van der Waals surface area contributed by atoms with Gasteiger partial charge in [-0.05, 0) is 55.8 Å². The molecule has 0 unspecified atom stereocenters. The van der Waals surface area contributed by atoms with E-state index in [9.17, 15) is 0 Å². The summed E-state index contributed by atoms with van der Waals surface area (Å²) in [7, 11) is 0.570. The maximum Gasteiger partial charge on any atom is 0.213 e. The molecule has 1 heterocycles. The third-order valence-electron chi connectivity index (χ3n) is 7.50. The van der Waals surface area contributed by atoms with Crippen LogP contribution in [0.2, 0.25) is 18.1 Å². The molecule has 0 aliphatic rings. The lowest BCUT2D eigenvalue weighted by Gasteiger charge is -2.31. The van der Waals surface area contributed by atoms with Gasteiger partial charge in [-0.3, -0.25) is 0 Å². The van der Waals surface area contributed by atoms with Gasteiger partial charge in [0.15, 0.2) is 0 Å². The second-order valence-electron chi connectivity index (χ2n) is 9.31. The van der Waals surface area contributed by atoms with E-state index in [0.717, 1.165) is 5.35 Å². The molecule has 0 N–H and O–H groups in total. The molecule has 1 aromatic heterocycles. The molecule has 0 saturated carbocycles. The first-order chi connectivity index (χ1) is 14.8. The minimum Gasteiger partial charge on any atom is -0.195 e. The normalized spacial score (nSPS) is 12.7. The second kappa shape index (κ2) is 11.1. The van der Waals surface area contributed by atoms with Gasteiger partial charge in [0.1, 0.15) is 7.05 Å². The molecular weight excluding hydrogens is 390 g/mol. The van der Waals surface area contributed by atoms with E-state index in [2.05, 4.69) is 96.7 Å². The summed E-state index contributed by atoms with van der Waals surface area (Å²) in [6, 6.07) is 13.1. The summed E-state index contributed by atoms with van der Waals surface area (Å²) in [4.78, 5) is 0. The third kappa shape index (κ3) is 5.29. The van der Waals surface area contributed by atoms with Gasteiger partial charge in [-0.1, -0.05) is 88.9 Å². The average molecular weight is 435 g/mol. The van der Waals surface area contributed by atoms with Crippen LogP contribution < -0.4 is 15.1 Å². The van der Waals surface area contributed by atoms with Crippen molar-refractivity contribution in [2.75, 3.05) is 0 Å². The summed E-state index contributed by atoms with van der Waals surface area (Å²) in [5.41, 5.74) is 6.55. The summed E-state index contributed by atoms with van der Waals surface area (Å²) in [6.45, 7) is 22.5. The van der Waals surface area contributed by atoms with Crippen molar-refractivity contribution in [3.05, 3.63) is 64.2 Å². The first-order valence-corrected chi connectivity index (χ1v) is 14.8. The van der Waals surface area contributed by atoms with Gasteiger partial charge in [-0.2, -0.15) is 4.57 Å². The Labute approximate surface area is 192 Å². The number of nitrogens with zero attached hydrogens (tertiary/aromatic N) is 1. The number of benzene rings is 1. The van der Waals surface area contributed by atoms with Gasteiger partial charge in [0.25, 0.3) is 0 Å². The number of unbranched alkanes of at least 4 members (excludes halogenated alkanes) is 3. The number of hydrogen-bond acceptors (Lipinski definition) is 0. The summed E-state index contributed by atoms with van der Waals surface area (Å²) in [5.74, 6) is 0. The molecule has 1 nitrogen and oxygen atoms in total. The molecule has 2 rings (SSSR count). The summed E-state index contributed by atoms with van der Waals surface area (Å²) in [5, 5.41) is 3.94. The summed E-state index contributed by atoms with van der Waals surface area (Å²) in [6.07, 6.45) is 7.51. The highest BCUT2D eigenvalue weighted by molar-refractivity contribution is 6.96. The maximum absolute atomic E-state index is 4.56. The van der Waals surface area contributed by atoms with Gasteiger partial charge in [-0.25, -0.2) is 0 Å². The van der Waals surface area contributed by atoms with E-state index < -0.39 is 8.07 Å². The van der Waals surface area contributed by atoms with Gasteiger partial charge in [0.2, 0.25) is 11.0 Å². The zero-order valence-electron chi connectivity index (χ0n) is 21.2. The van der Waals surface area contributed by atoms with E-state index in [-0.39, 0.29) is 0 Å². The Hall–Kier alpha value is -1.93. The lowest BCUT2D eigenvalue weighted by atomic mass is 9.97. The number of hydrogen-bond donors (Lipinski definition) is 0. The van der Waals surface area contributed by atoms with Gasteiger partial charge in [-0.15, -0.1) is 0 Å². The molecular formula is C29H44NSi+. The maximum atomic E-state index is 4.56. The first kappa shape index (κ1) is 25.3. The van der Waals surface area contributed by atoms with E-state index in [0.29, 0.717) is 0 Å². The number of aromatic nitrogens is 1. The number of rotatable bonds is 10. The predicted octanol–water partition coefficient (Wildman–Crippen LogP) is 6.46. The van der Waals surface area contributed by atoms with Crippen LogP contribution in [0.3, 0.4) is 0 Å². The summed E-state index contributed by atoms with van der Waals surface area (Å²) >= 11 is 0. The van der Waals surface area contributed by atoms with Crippen LogP contribution in [-0.2, 0) is 7.05 Å². The van der Waals surface area contributed by atoms with Crippen LogP contribution in [0.5, 0.6) is 0 Å². The molecule has 0 bridgehead atoms. The monoisotopic (exact) mass is 434 g/mol. The quantitative estimate of drug-likeness (QED) is 0.229. The molecule has 31 heavy (non-hydrogen) atoms.